The first kappa shape index (κ1) is 23.0. The molecule has 3 heterocycles. The average Bonchev–Trinajstić information content (AvgIpc) is 3.57. The summed E-state index contributed by atoms with van der Waals surface area (Å²) in [6, 6.07) is 16.8. The highest BCUT2D eigenvalue weighted by molar-refractivity contribution is 6.05. The fourth-order valence-corrected chi connectivity index (χ4v) is 4.10. The number of hydrogen-bond donors (Lipinski definition) is 2. The van der Waals surface area contributed by atoms with Crippen molar-refractivity contribution in [3.05, 3.63) is 78.2 Å². The first-order chi connectivity index (χ1) is 17.5. The van der Waals surface area contributed by atoms with Gasteiger partial charge in [-0.05, 0) is 42.8 Å². The van der Waals surface area contributed by atoms with E-state index in [1.807, 2.05) is 60.1 Å². The van der Waals surface area contributed by atoms with Gasteiger partial charge in [-0.3, -0.25) is 9.89 Å². The summed E-state index contributed by atoms with van der Waals surface area (Å²) in [6.45, 7) is 2.02. The molecule has 0 radical (unpaired) electrons. The number of H-pyrrole nitrogens is 1. The van der Waals surface area contributed by atoms with Crippen LogP contribution in [0.5, 0.6) is 17.2 Å². The van der Waals surface area contributed by atoms with Gasteiger partial charge < -0.3 is 23.9 Å². The van der Waals surface area contributed by atoms with Crippen LogP contribution in [0.15, 0.2) is 67.0 Å². The summed E-state index contributed by atoms with van der Waals surface area (Å²) in [5.41, 5.74) is 5.75. The van der Waals surface area contributed by atoms with Crippen LogP contribution < -0.4 is 19.5 Å². The Bertz CT molecular complexity index is 1540. The van der Waals surface area contributed by atoms with Crippen LogP contribution in [0.1, 0.15) is 16.1 Å². The van der Waals surface area contributed by atoms with Crippen LogP contribution in [0.3, 0.4) is 0 Å². The van der Waals surface area contributed by atoms with Crippen LogP contribution in [-0.4, -0.2) is 46.8 Å². The lowest BCUT2D eigenvalue weighted by molar-refractivity contribution is 0.102. The van der Waals surface area contributed by atoms with Gasteiger partial charge in [-0.1, -0.05) is 24.3 Å². The van der Waals surface area contributed by atoms with E-state index in [4.69, 9.17) is 19.2 Å². The number of ether oxygens (including phenoxy) is 3. The van der Waals surface area contributed by atoms with Crippen molar-refractivity contribution in [1.82, 2.24) is 19.6 Å². The van der Waals surface area contributed by atoms with Crippen LogP contribution in [0.2, 0.25) is 0 Å². The maximum absolute atomic E-state index is 13.1. The number of amides is 1. The van der Waals surface area contributed by atoms with Gasteiger partial charge in [-0.2, -0.15) is 5.10 Å². The van der Waals surface area contributed by atoms with Crippen LogP contribution in [0.25, 0.3) is 28.2 Å². The minimum absolute atomic E-state index is 0.305. The molecule has 9 nitrogen and oxygen atoms in total. The molecule has 9 heteroatoms. The summed E-state index contributed by atoms with van der Waals surface area (Å²) in [5, 5.41) is 10.1. The minimum Gasteiger partial charge on any atom is -0.493 e. The Kier molecular flexibility index (Phi) is 6.03. The van der Waals surface area contributed by atoms with Crippen molar-refractivity contribution in [1.29, 1.82) is 0 Å². The number of aromatic amines is 1. The summed E-state index contributed by atoms with van der Waals surface area (Å²) in [4.78, 5) is 17.9. The SMILES string of the molecule is COc1cc(-c2cc(C(=O)Nc3ccccc3-c3cn4cccc(C)c4n3)[nH]n2)cc(OC)c1OC. The van der Waals surface area contributed by atoms with Crippen molar-refractivity contribution >= 4 is 17.2 Å². The van der Waals surface area contributed by atoms with Crippen molar-refractivity contribution in [3.8, 4) is 39.8 Å². The topological polar surface area (TPSA) is 103 Å². The second kappa shape index (κ2) is 9.46. The van der Waals surface area contributed by atoms with Gasteiger partial charge in [0.25, 0.3) is 5.91 Å². The van der Waals surface area contributed by atoms with Crippen LogP contribution in [-0.2, 0) is 0 Å². The molecule has 0 bridgehead atoms. The molecule has 2 aromatic carbocycles. The molecule has 5 aromatic rings. The molecule has 0 unspecified atom stereocenters. The summed E-state index contributed by atoms with van der Waals surface area (Å²) in [7, 11) is 4.64. The molecular formula is C27H25N5O4. The third kappa shape index (κ3) is 4.11. The van der Waals surface area contributed by atoms with Crippen molar-refractivity contribution in [2.75, 3.05) is 26.6 Å². The van der Waals surface area contributed by atoms with Gasteiger partial charge in [0, 0.05) is 23.5 Å². The normalized spacial score (nSPS) is 10.9. The first-order valence-corrected chi connectivity index (χ1v) is 11.2. The van der Waals surface area contributed by atoms with Crippen LogP contribution >= 0.6 is 0 Å². The van der Waals surface area contributed by atoms with E-state index in [9.17, 15) is 4.79 Å². The van der Waals surface area contributed by atoms with Crippen molar-refractivity contribution in [2.24, 2.45) is 0 Å². The van der Waals surface area contributed by atoms with E-state index in [1.165, 1.54) is 0 Å². The molecule has 0 fully saturated rings. The molecule has 182 valence electrons. The van der Waals surface area contributed by atoms with Crippen LogP contribution in [0.4, 0.5) is 5.69 Å². The van der Waals surface area contributed by atoms with Gasteiger partial charge in [0.1, 0.15) is 11.3 Å². The molecular weight excluding hydrogens is 458 g/mol. The Morgan fingerprint density at radius 3 is 2.39 bits per heavy atom. The number of imidazole rings is 1. The highest BCUT2D eigenvalue weighted by atomic mass is 16.5. The number of nitrogens with zero attached hydrogens (tertiary/aromatic N) is 3. The molecule has 2 N–H and O–H groups in total. The number of benzene rings is 2. The van der Waals surface area contributed by atoms with E-state index in [0.717, 1.165) is 22.5 Å². The Balaban J connectivity index is 1.44. The maximum atomic E-state index is 13.1. The van der Waals surface area contributed by atoms with Gasteiger partial charge in [0.15, 0.2) is 11.5 Å². The Morgan fingerprint density at radius 1 is 0.944 bits per heavy atom. The molecule has 0 saturated carbocycles. The maximum Gasteiger partial charge on any atom is 0.273 e. The summed E-state index contributed by atoms with van der Waals surface area (Å²) in [5.74, 6) is 1.15. The fourth-order valence-electron chi connectivity index (χ4n) is 4.10. The molecule has 0 aliphatic heterocycles. The lowest BCUT2D eigenvalue weighted by Gasteiger charge is -2.13. The van der Waals surface area contributed by atoms with Gasteiger partial charge in [-0.25, -0.2) is 4.98 Å². The molecule has 0 saturated heterocycles. The van der Waals surface area contributed by atoms with E-state index in [1.54, 1.807) is 39.5 Å². The number of methoxy groups -OCH3 is 3. The van der Waals surface area contributed by atoms with E-state index >= 15 is 0 Å². The smallest absolute Gasteiger partial charge is 0.273 e. The van der Waals surface area contributed by atoms with Gasteiger partial charge in [-0.15, -0.1) is 0 Å². The summed E-state index contributed by atoms with van der Waals surface area (Å²) < 4.78 is 18.2. The number of rotatable bonds is 7. The van der Waals surface area contributed by atoms with Gasteiger partial charge >= 0.3 is 0 Å². The van der Waals surface area contributed by atoms with Crippen LogP contribution in [0, 0.1) is 6.92 Å². The molecule has 36 heavy (non-hydrogen) atoms. The molecule has 0 aliphatic carbocycles. The largest absolute Gasteiger partial charge is 0.493 e. The third-order valence-corrected chi connectivity index (χ3v) is 5.91. The standard InChI is InChI=1S/C27H25N5O4/c1-16-8-7-11-32-15-22(28-26(16)32)18-9-5-6-10-19(18)29-27(33)21-14-20(30-31-21)17-12-23(34-2)25(36-4)24(13-17)35-3/h5-15H,1-4H3,(H,29,33)(H,30,31). The number of aryl methyl sites for hydroxylation is 1. The van der Waals surface area contributed by atoms with E-state index in [0.29, 0.717) is 39.9 Å². The zero-order chi connectivity index (χ0) is 25.2. The average molecular weight is 484 g/mol. The molecule has 0 aliphatic rings. The van der Waals surface area contributed by atoms with Crippen molar-refractivity contribution in [3.63, 3.8) is 0 Å². The second-order valence-electron chi connectivity index (χ2n) is 8.13. The monoisotopic (exact) mass is 483 g/mol. The second-order valence-corrected chi connectivity index (χ2v) is 8.13. The number of pyridine rings is 1. The predicted octanol–water partition coefficient (Wildman–Crippen LogP) is 4.98. The third-order valence-electron chi connectivity index (χ3n) is 5.91. The Labute approximate surface area is 207 Å². The van der Waals surface area contributed by atoms with Crippen molar-refractivity contribution in [2.45, 2.75) is 6.92 Å². The molecule has 3 aromatic heterocycles. The molecule has 0 spiro atoms. The van der Waals surface area contributed by atoms with Crippen molar-refractivity contribution < 1.29 is 19.0 Å². The number of anilines is 1. The number of carbonyl (C=O) groups is 1. The number of carbonyl (C=O) groups excluding carboxylic acids is 1. The van der Waals surface area contributed by atoms with E-state index < -0.39 is 0 Å². The van der Waals surface area contributed by atoms with E-state index in [-0.39, 0.29) is 5.91 Å². The van der Waals surface area contributed by atoms with Gasteiger partial charge in [0.05, 0.1) is 38.4 Å². The van der Waals surface area contributed by atoms with E-state index in [2.05, 4.69) is 15.5 Å². The molecule has 5 rings (SSSR count). The first-order valence-electron chi connectivity index (χ1n) is 11.2. The number of nitrogens with one attached hydrogen (secondary N) is 2. The number of fused-ring (bicyclic) bond motifs is 1. The summed E-state index contributed by atoms with van der Waals surface area (Å²) in [6.07, 6.45) is 3.90. The lowest BCUT2D eigenvalue weighted by atomic mass is 10.1. The predicted molar refractivity (Wildman–Crippen MR) is 137 cm³/mol. The number of para-hydroxylation sites is 1. The Hall–Kier alpha value is -4.79. The quantitative estimate of drug-likeness (QED) is 0.339. The number of aromatic nitrogens is 4. The molecule has 1 amide bonds. The highest BCUT2D eigenvalue weighted by Gasteiger charge is 2.18. The zero-order valence-electron chi connectivity index (χ0n) is 20.3. The fraction of sp³-hybridized carbons (Fsp3) is 0.148. The highest BCUT2D eigenvalue weighted by Crippen LogP contribution is 2.41. The Morgan fingerprint density at radius 2 is 1.69 bits per heavy atom. The lowest BCUT2D eigenvalue weighted by Crippen LogP contribution is -2.13. The minimum atomic E-state index is -0.325. The number of hydrogen-bond acceptors (Lipinski definition) is 6. The molecule has 0 atom stereocenters. The summed E-state index contributed by atoms with van der Waals surface area (Å²) >= 11 is 0. The zero-order valence-corrected chi connectivity index (χ0v) is 20.3. The van der Waals surface area contributed by atoms with Gasteiger partial charge in [0.2, 0.25) is 5.75 Å².